The molecule has 1 nitrogen and oxygen atoms in total. The van der Waals surface area contributed by atoms with Gasteiger partial charge < -0.3 is 5.32 Å². The van der Waals surface area contributed by atoms with E-state index in [1.165, 1.54) is 0 Å². The number of hydrogen-bond acceptors (Lipinski definition) is 1. The largest absolute Gasteiger partial charge is 0.319 e. The van der Waals surface area contributed by atoms with E-state index in [2.05, 4.69) is 18.5 Å². The van der Waals surface area contributed by atoms with Crippen molar-refractivity contribution in [1.29, 1.82) is 0 Å². The first-order valence-corrected chi connectivity index (χ1v) is 3.71. The van der Waals surface area contributed by atoms with Gasteiger partial charge in [0, 0.05) is 0 Å². The average Bonchev–Trinajstić information content (AvgIpc) is 1.90. The van der Waals surface area contributed by atoms with Crippen LogP contribution < -0.4 is 5.32 Å². The normalized spacial score (nSPS) is 8.91. The molecule has 0 spiro atoms. The summed E-state index contributed by atoms with van der Waals surface area (Å²) in [6.45, 7) is 8.46. The SMILES string of the molecule is C=CCC(CC=C)CNC.I. The molecule has 0 aromatic rings. The summed E-state index contributed by atoms with van der Waals surface area (Å²) >= 11 is 0. The third kappa shape index (κ3) is 8.07. The number of allylic oxidation sites excluding steroid dienone is 2. The predicted octanol–water partition coefficient (Wildman–Crippen LogP) is 2.59. The van der Waals surface area contributed by atoms with Crippen LogP contribution in [0, 0.1) is 5.92 Å². The van der Waals surface area contributed by atoms with Gasteiger partial charge >= 0.3 is 0 Å². The lowest BCUT2D eigenvalue weighted by molar-refractivity contribution is 0.511. The van der Waals surface area contributed by atoms with E-state index in [9.17, 15) is 0 Å². The molecule has 0 unspecified atom stereocenters. The van der Waals surface area contributed by atoms with Gasteiger partial charge in [0.25, 0.3) is 0 Å². The minimum absolute atomic E-state index is 0. The molecule has 0 atom stereocenters. The molecular formula is C9H18IN. The molecule has 66 valence electrons. The van der Waals surface area contributed by atoms with Crippen LogP contribution in [0.15, 0.2) is 25.3 Å². The van der Waals surface area contributed by atoms with E-state index in [1.807, 2.05) is 19.2 Å². The van der Waals surface area contributed by atoms with Crippen LogP contribution in [0.1, 0.15) is 12.8 Å². The fourth-order valence-electron chi connectivity index (χ4n) is 1.02. The number of rotatable bonds is 6. The molecule has 11 heavy (non-hydrogen) atoms. The lowest BCUT2D eigenvalue weighted by Crippen LogP contribution is -2.17. The molecule has 0 saturated heterocycles. The van der Waals surface area contributed by atoms with Crippen molar-refractivity contribution in [2.24, 2.45) is 5.92 Å². The first-order valence-electron chi connectivity index (χ1n) is 3.71. The van der Waals surface area contributed by atoms with Crippen molar-refractivity contribution >= 4 is 24.0 Å². The molecule has 0 aliphatic heterocycles. The van der Waals surface area contributed by atoms with E-state index < -0.39 is 0 Å². The molecule has 0 aromatic heterocycles. The summed E-state index contributed by atoms with van der Waals surface area (Å²) in [6, 6.07) is 0. The van der Waals surface area contributed by atoms with E-state index in [4.69, 9.17) is 0 Å². The van der Waals surface area contributed by atoms with Gasteiger partial charge in [-0.1, -0.05) is 12.2 Å². The lowest BCUT2D eigenvalue weighted by atomic mass is 10.0. The second-order valence-electron chi connectivity index (χ2n) is 2.47. The molecule has 0 amide bonds. The minimum atomic E-state index is 0. The Morgan fingerprint density at radius 1 is 1.27 bits per heavy atom. The Bertz CT molecular complexity index is 91.7. The van der Waals surface area contributed by atoms with Crippen molar-refractivity contribution in [2.45, 2.75) is 12.8 Å². The fourth-order valence-corrected chi connectivity index (χ4v) is 1.02. The van der Waals surface area contributed by atoms with Crippen molar-refractivity contribution < 1.29 is 0 Å². The number of hydrogen-bond donors (Lipinski definition) is 1. The maximum absolute atomic E-state index is 3.70. The third-order valence-electron chi connectivity index (χ3n) is 1.49. The minimum Gasteiger partial charge on any atom is -0.319 e. The average molecular weight is 267 g/mol. The van der Waals surface area contributed by atoms with Crippen LogP contribution in [0.5, 0.6) is 0 Å². The van der Waals surface area contributed by atoms with Gasteiger partial charge in [0.15, 0.2) is 0 Å². The smallest absolute Gasteiger partial charge is 0.00176 e. The molecule has 0 fully saturated rings. The Morgan fingerprint density at radius 3 is 2.00 bits per heavy atom. The second-order valence-corrected chi connectivity index (χ2v) is 2.47. The monoisotopic (exact) mass is 267 g/mol. The topological polar surface area (TPSA) is 12.0 Å². The second kappa shape index (κ2) is 10.2. The molecule has 0 bridgehead atoms. The third-order valence-corrected chi connectivity index (χ3v) is 1.49. The van der Waals surface area contributed by atoms with Crippen LogP contribution in [0.2, 0.25) is 0 Å². The molecule has 0 saturated carbocycles. The van der Waals surface area contributed by atoms with Gasteiger partial charge in [-0.15, -0.1) is 37.1 Å². The standard InChI is InChI=1S/C9H17N.HI/c1-4-6-9(7-5-2)8-10-3;/h4-5,9-10H,1-2,6-8H2,3H3;1H. The van der Waals surface area contributed by atoms with E-state index in [-0.39, 0.29) is 24.0 Å². The van der Waals surface area contributed by atoms with Crippen LogP contribution in [0.3, 0.4) is 0 Å². The molecule has 0 aliphatic rings. The van der Waals surface area contributed by atoms with E-state index in [0.717, 1.165) is 19.4 Å². The Labute approximate surface area is 87.0 Å². The van der Waals surface area contributed by atoms with Crippen molar-refractivity contribution in [3.8, 4) is 0 Å². The van der Waals surface area contributed by atoms with Gasteiger partial charge in [-0.3, -0.25) is 0 Å². The molecule has 2 heteroatoms. The zero-order chi connectivity index (χ0) is 7.82. The molecule has 0 radical (unpaired) electrons. The summed E-state index contributed by atoms with van der Waals surface area (Å²) in [4.78, 5) is 0. The maximum Gasteiger partial charge on any atom is -0.00176 e. The number of nitrogens with one attached hydrogen (secondary N) is 1. The summed E-state index contributed by atoms with van der Waals surface area (Å²) < 4.78 is 0. The number of halogens is 1. The van der Waals surface area contributed by atoms with Gasteiger partial charge in [0.2, 0.25) is 0 Å². The van der Waals surface area contributed by atoms with Crippen molar-refractivity contribution in [2.75, 3.05) is 13.6 Å². The predicted molar refractivity (Wildman–Crippen MR) is 62.5 cm³/mol. The fraction of sp³-hybridized carbons (Fsp3) is 0.556. The van der Waals surface area contributed by atoms with Crippen molar-refractivity contribution in [3.63, 3.8) is 0 Å². The van der Waals surface area contributed by atoms with Crippen LogP contribution in [-0.2, 0) is 0 Å². The highest BCUT2D eigenvalue weighted by atomic mass is 127. The highest BCUT2D eigenvalue weighted by Gasteiger charge is 2.01. The van der Waals surface area contributed by atoms with Crippen LogP contribution in [0.25, 0.3) is 0 Å². The van der Waals surface area contributed by atoms with Crippen LogP contribution in [-0.4, -0.2) is 13.6 Å². The summed E-state index contributed by atoms with van der Waals surface area (Å²) in [6.07, 6.45) is 6.08. The quantitative estimate of drug-likeness (QED) is 0.576. The van der Waals surface area contributed by atoms with Gasteiger partial charge in [-0.05, 0) is 32.4 Å². The Morgan fingerprint density at radius 2 is 1.73 bits per heavy atom. The Hall–Kier alpha value is 0.170. The first kappa shape index (κ1) is 13.7. The first-order chi connectivity index (χ1) is 4.85. The van der Waals surface area contributed by atoms with Gasteiger partial charge in [-0.25, -0.2) is 0 Å². The summed E-state index contributed by atoms with van der Waals surface area (Å²) in [7, 11) is 1.97. The lowest BCUT2D eigenvalue weighted by Gasteiger charge is -2.10. The van der Waals surface area contributed by atoms with Gasteiger partial charge in [0.05, 0.1) is 0 Å². The molecule has 0 aliphatic carbocycles. The van der Waals surface area contributed by atoms with Crippen LogP contribution >= 0.6 is 24.0 Å². The van der Waals surface area contributed by atoms with Crippen molar-refractivity contribution in [1.82, 2.24) is 5.32 Å². The van der Waals surface area contributed by atoms with E-state index in [1.54, 1.807) is 0 Å². The van der Waals surface area contributed by atoms with Gasteiger partial charge in [0.1, 0.15) is 0 Å². The summed E-state index contributed by atoms with van der Waals surface area (Å²) in [5, 5.41) is 3.14. The Balaban J connectivity index is 0. The molecule has 0 aromatic carbocycles. The Kier molecular flexibility index (Phi) is 12.7. The van der Waals surface area contributed by atoms with E-state index in [0.29, 0.717) is 5.92 Å². The highest BCUT2D eigenvalue weighted by Crippen LogP contribution is 2.07. The zero-order valence-electron chi connectivity index (χ0n) is 7.18. The maximum atomic E-state index is 3.70. The van der Waals surface area contributed by atoms with Crippen molar-refractivity contribution in [3.05, 3.63) is 25.3 Å². The molecule has 0 heterocycles. The summed E-state index contributed by atoms with van der Waals surface area (Å²) in [5.74, 6) is 0.681. The molecular weight excluding hydrogens is 249 g/mol. The summed E-state index contributed by atoms with van der Waals surface area (Å²) in [5.41, 5.74) is 0. The molecule has 1 N–H and O–H groups in total. The zero-order valence-corrected chi connectivity index (χ0v) is 9.51. The molecule has 0 rings (SSSR count). The van der Waals surface area contributed by atoms with E-state index >= 15 is 0 Å². The van der Waals surface area contributed by atoms with Crippen LogP contribution in [0.4, 0.5) is 0 Å². The van der Waals surface area contributed by atoms with Gasteiger partial charge in [-0.2, -0.15) is 0 Å². The highest BCUT2D eigenvalue weighted by molar-refractivity contribution is 14.0.